The van der Waals surface area contributed by atoms with Crippen LogP contribution < -0.4 is 4.90 Å². The molecule has 0 aliphatic carbocycles. The first-order chi connectivity index (χ1) is 9.74. The topological polar surface area (TPSA) is 33.2 Å². The highest BCUT2D eigenvalue weighted by Crippen LogP contribution is 2.29. The third-order valence-electron chi connectivity index (χ3n) is 3.94. The van der Waals surface area contributed by atoms with Crippen LogP contribution in [0.2, 0.25) is 0 Å². The lowest BCUT2D eigenvalue weighted by Crippen LogP contribution is -2.20. The highest BCUT2D eigenvalue weighted by atomic mass is 16.1. The molecule has 0 spiro atoms. The number of benzene rings is 1. The number of hydrogen-bond acceptors (Lipinski definition) is 3. The monoisotopic (exact) mass is 266 g/mol. The van der Waals surface area contributed by atoms with E-state index in [0.717, 1.165) is 25.3 Å². The van der Waals surface area contributed by atoms with Gasteiger partial charge in [-0.1, -0.05) is 30.3 Å². The molecule has 1 unspecified atom stereocenters. The van der Waals surface area contributed by atoms with Crippen LogP contribution in [0, 0.1) is 0 Å². The summed E-state index contributed by atoms with van der Waals surface area (Å²) in [6, 6.07) is 14.4. The Morgan fingerprint density at radius 3 is 2.65 bits per heavy atom. The summed E-state index contributed by atoms with van der Waals surface area (Å²) in [5, 5.41) is 0. The molecule has 2 aromatic rings. The summed E-state index contributed by atoms with van der Waals surface area (Å²) < 4.78 is 0. The molecule has 3 rings (SSSR count). The fraction of sp³-hybridized carbons (Fsp3) is 0.294. The van der Waals surface area contributed by atoms with Crippen molar-refractivity contribution in [2.45, 2.75) is 19.3 Å². The van der Waals surface area contributed by atoms with E-state index in [0.29, 0.717) is 11.5 Å². The van der Waals surface area contributed by atoms with E-state index >= 15 is 0 Å². The van der Waals surface area contributed by atoms with Crippen LogP contribution in [-0.4, -0.2) is 23.9 Å². The molecular formula is C17H18N2O. The molecule has 102 valence electrons. The van der Waals surface area contributed by atoms with Gasteiger partial charge in [0.05, 0.1) is 0 Å². The minimum absolute atomic E-state index is 0.0626. The Morgan fingerprint density at radius 2 is 2.00 bits per heavy atom. The van der Waals surface area contributed by atoms with Gasteiger partial charge in [0, 0.05) is 30.8 Å². The van der Waals surface area contributed by atoms with Crippen LogP contribution in [-0.2, 0) is 0 Å². The van der Waals surface area contributed by atoms with Crippen molar-refractivity contribution >= 4 is 11.6 Å². The molecule has 0 radical (unpaired) electrons. The molecule has 1 aromatic carbocycles. The third kappa shape index (κ3) is 2.57. The number of aromatic nitrogens is 1. The van der Waals surface area contributed by atoms with E-state index < -0.39 is 0 Å². The SMILES string of the molecule is CC(=O)c1ccc(N2CCC(c3ccccc3)C2)nc1. The van der Waals surface area contributed by atoms with Crippen molar-refractivity contribution in [1.82, 2.24) is 4.98 Å². The first-order valence-electron chi connectivity index (χ1n) is 7.01. The zero-order valence-electron chi connectivity index (χ0n) is 11.6. The quantitative estimate of drug-likeness (QED) is 0.799. The summed E-state index contributed by atoms with van der Waals surface area (Å²) in [4.78, 5) is 18.0. The Morgan fingerprint density at radius 1 is 1.20 bits per heavy atom. The highest BCUT2D eigenvalue weighted by Gasteiger charge is 2.24. The van der Waals surface area contributed by atoms with E-state index in [-0.39, 0.29) is 5.78 Å². The van der Waals surface area contributed by atoms with Gasteiger partial charge in [0.1, 0.15) is 5.82 Å². The number of carbonyl (C=O) groups excluding carboxylic acids is 1. The molecule has 0 N–H and O–H groups in total. The van der Waals surface area contributed by atoms with Crippen LogP contribution in [0.25, 0.3) is 0 Å². The van der Waals surface area contributed by atoms with Gasteiger partial charge in [0.2, 0.25) is 0 Å². The van der Waals surface area contributed by atoms with Crippen molar-refractivity contribution in [1.29, 1.82) is 0 Å². The Bertz CT molecular complexity index is 592. The van der Waals surface area contributed by atoms with Gasteiger partial charge in [-0.05, 0) is 31.0 Å². The van der Waals surface area contributed by atoms with Crippen LogP contribution in [0.4, 0.5) is 5.82 Å². The van der Waals surface area contributed by atoms with Gasteiger partial charge >= 0.3 is 0 Å². The van der Waals surface area contributed by atoms with Gasteiger partial charge < -0.3 is 4.90 Å². The number of anilines is 1. The summed E-state index contributed by atoms with van der Waals surface area (Å²) in [5.74, 6) is 1.60. The molecule has 0 saturated carbocycles. The molecule has 3 nitrogen and oxygen atoms in total. The van der Waals surface area contributed by atoms with E-state index in [4.69, 9.17) is 0 Å². The Labute approximate surface area is 119 Å². The number of carbonyl (C=O) groups is 1. The second-order valence-corrected chi connectivity index (χ2v) is 5.30. The average molecular weight is 266 g/mol. The first kappa shape index (κ1) is 12.9. The lowest BCUT2D eigenvalue weighted by molar-refractivity contribution is 0.101. The maximum atomic E-state index is 11.3. The fourth-order valence-electron chi connectivity index (χ4n) is 2.75. The molecule has 1 aliphatic rings. The average Bonchev–Trinajstić information content (AvgIpc) is 2.98. The highest BCUT2D eigenvalue weighted by molar-refractivity contribution is 5.93. The van der Waals surface area contributed by atoms with Gasteiger partial charge in [-0.3, -0.25) is 4.79 Å². The van der Waals surface area contributed by atoms with Gasteiger partial charge in [-0.25, -0.2) is 4.98 Å². The fourth-order valence-corrected chi connectivity index (χ4v) is 2.75. The molecule has 2 heterocycles. The van der Waals surface area contributed by atoms with Crippen LogP contribution in [0.1, 0.15) is 35.2 Å². The molecule has 0 amide bonds. The number of Topliss-reactive ketones (excluding diaryl/α,β-unsaturated/α-hetero) is 1. The number of nitrogens with zero attached hydrogens (tertiary/aromatic N) is 2. The second-order valence-electron chi connectivity index (χ2n) is 5.30. The summed E-state index contributed by atoms with van der Waals surface area (Å²) in [7, 11) is 0. The smallest absolute Gasteiger partial charge is 0.161 e. The van der Waals surface area contributed by atoms with Crippen molar-refractivity contribution in [3.05, 3.63) is 59.8 Å². The molecular weight excluding hydrogens is 248 g/mol. The van der Waals surface area contributed by atoms with Crippen LogP contribution in [0.15, 0.2) is 48.7 Å². The van der Waals surface area contributed by atoms with Crippen LogP contribution in [0.3, 0.4) is 0 Å². The summed E-state index contributed by atoms with van der Waals surface area (Å²) in [5.41, 5.74) is 2.07. The van der Waals surface area contributed by atoms with Gasteiger partial charge in [0.15, 0.2) is 5.78 Å². The molecule has 3 heteroatoms. The van der Waals surface area contributed by atoms with Gasteiger partial charge in [0.25, 0.3) is 0 Å². The number of ketones is 1. The molecule has 1 fully saturated rings. The zero-order valence-corrected chi connectivity index (χ0v) is 11.6. The van der Waals surface area contributed by atoms with Crippen molar-refractivity contribution in [3.8, 4) is 0 Å². The van der Waals surface area contributed by atoms with E-state index in [2.05, 4.69) is 40.2 Å². The normalized spacial score (nSPS) is 18.2. The minimum atomic E-state index is 0.0626. The Balaban J connectivity index is 1.72. The van der Waals surface area contributed by atoms with E-state index in [1.807, 2.05) is 12.1 Å². The Hall–Kier alpha value is -2.16. The lowest BCUT2D eigenvalue weighted by atomic mass is 9.99. The maximum Gasteiger partial charge on any atom is 0.161 e. The Kier molecular flexibility index (Phi) is 3.50. The lowest BCUT2D eigenvalue weighted by Gasteiger charge is -2.17. The van der Waals surface area contributed by atoms with Crippen LogP contribution >= 0.6 is 0 Å². The summed E-state index contributed by atoms with van der Waals surface area (Å²) in [6.07, 6.45) is 2.83. The molecule has 0 bridgehead atoms. The molecule has 1 saturated heterocycles. The predicted octanol–water partition coefficient (Wildman–Crippen LogP) is 3.28. The molecule has 1 atom stereocenters. The summed E-state index contributed by atoms with van der Waals surface area (Å²) in [6.45, 7) is 3.58. The third-order valence-corrected chi connectivity index (χ3v) is 3.94. The molecule has 1 aromatic heterocycles. The van der Waals surface area contributed by atoms with E-state index in [1.165, 1.54) is 5.56 Å². The van der Waals surface area contributed by atoms with Crippen molar-refractivity contribution in [2.75, 3.05) is 18.0 Å². The van der Waals surface area contributed by atoms with E-state index in [9.17, 15) is 4.79 Å². The second kappa shape index (κ2) is 5.45. The van der Waals surface area contributed by atoms with Gasteiger partial charge in [-0.15, -0.1) is 0 Å². The van der Waals surface area contributed by atoms with Gasteiger partial charge in [-0.2, -0.15) is 0 Å². The number of rotatable bonds is 3. The summed E-state index contributed by atoms with van der Waals surface area (Å²) >= 11 is 0. The molecule has 1 aliphatic heterocycles. The number of hydrogen-bond donors (Lipinski definition) is 0. The predicted molar refractivity (Wildman–Crippen MR) is 80.3 cm³/mol. The van der Waals surface area contributed by atoms with Crippen molar-refractivity contribution < 1.29 is 4.79 Å². The largest absolute Gasteiger partial charge is 0.356 e. The molecule has 20 heavy (non-hydrogen) atoms. The minimum Gasteiger partial charge on any atom is -0.356 e. The van der Waals surface area contributed by atoms with Crippen molar-refractivity contribution in [2.24, 2.45) is 0 Å². The van der Waals surface area contributed by atoms with Crippen molar-refractivity contribution in [3.63, 3.8) is 0 Å². The number of pyridine rings is 1. The zero-order chi connectivity index (χ0) is 13.9. The first-order valence-corrected chi connectivity index (χ1v) is 7.01. The maximum absolute atomic E-state index is 11.3. The van der Waals surface area contributed by atoms with E-state index in [1.54, 1.807) is 13.1 Å². The standard InChI is InChI=1S/C17H18N2O/c1-13(20)15-7-8-17(18-11-15)19-10-9-16(12-19)14-5-3-2-4-6-14/h2-8,11,16H,9-10,12H2,1H3. The van der Waals surface area contributed by atoms with Crippen LogP contribution in [0.5, 0.6) is 0 Å².